The van der Waals surface area contributed by atoms with E-state index in [9.17, 15) is 23.1 Å². The molecule has 12 nitrogen and oxygen atoms in total. The first-order valence-electron chi connectivity index (χ1n) is 16.7. The van der Waals surface area contributed by atoms with Crippen molar-refractivity contribution in [2.24, 2.45) is 17.0 Å². The molecule has 0 unspecified atom stereocenters. The third-order valence-corrected chi connectivity index (χ3v) is 11.0. The number of aliphatic hydroxyl groups excluding tert-OH is 1. The number of hydrogen-bond acceptors (Lipinski definition) is 8. The summed E-state index contributed by atoms with van der Waals surface area (Å²) in [6.45, 7) is 4.12. The van der Waals surface area contributed by atoms with E-state index in [4.69, 9.17) is 5.21 Å². The van der Waals surface area contributed by atoms with Crippen molar-refractivity contribution in [2.75, 3.05) is 20.1 Å². The Hall–Kier alpha value is -4.33. The molecule has 0 spiro atoms. The van der Waals surface area contributed by atoms with Crippen molar-refractivity contribution in [3.8, 4) is 0 Å². The third-order valence-electron chi connectivity index (χ3n) is 9.18. The van der Waals surface area contributed by atoms with Gasteiger partial charge in [-0.15, -0.1) is 0 Å². The van der Waals surface area contributed by atoms with E-state index in [1.165, 1.54) is 27.6 Å². The number of nitrogens with one attached hydrogen (secondary N) is 2. The Morgan fingerprint density at radius 2 is 1.69 bits per heavy atom. The van der Waals surface area contributed by atoms with Gasteiger partial charge in [0, 0.05) is 39.1 Å². The van der Waals surface area contributed by atoms with Gasteiger partial charge >= 0.3 is 6.03 Å². The number of hydrogen-bond donors (Lipinski definition) is 4. The van der Waals surface area contributed by atoms with Gasteiger partial charge < -0.3 is 25.8 Å². The molecule has 4 N–H and O–H groups in total. The van der Waals surface area contributed by atoms with E-state index in [1.54, 1.807) is 31.6 Å². The van der Waals surface area contributed by atoms with Crippen molar-refractivity contribution in [1.82, 2.24) is 24.8 Å². The predicted octanol–water partition coefficient (Wildman–Crippen LogP) is 4.03. The lowest BCUT2D eigenvalue weighted by Crippen LogP contribution is -2.58. The quantitative estimate of drug-likeness (QED) is 0.0943. The molecule has 4 rings (SSSR count). The van der Waals surface area contributed by atoms with Gasteiger partial charge in [-0.1, -0.05) is 74.3 Å². The van der Waals surface area contributed by atoms with Crippen LogP contribution in [0.15, 0.2) is 89.2 Å². The van der Waals surface area contributed by atoms with Crippen molar-refractivity contribution >= 4 is 28.2 Å². The average molecular weight is 693 g/mol. The number of oxime groups is 1. The van der Waals surface area contributed by atoms with E-state index in [-0.39, 0.29) is 36.2 Å². The molecule has 0 radical (unpaired) electrons. The van der Waals surface area contributed by atoms with Gasteiger partial charge in [0.1, 0.15) is 6.04 Å². The molecule has 1 heterocycles. The topological polar surface area (TPSA) is 165 Å². The molecule has 4 atom stereocenters. The molecule has 264 valence electrons. The standard InChI is InChI=1S/C36H48N6O6S/c1-4-26(2)34(40-36(45)41(3)23-30-17-19-37-20-18-30)35(44)39-32(21-27-9-6-5-7-10-27)33(43)25-42(24-29-11-8-12-29)49(47,48)31-15-13-28(14-16-31)22-38-46/h5-7,9-10,13-20,22,26,29,32-34,43,46H,4,8,11-12,21,23-25H2,1-3H3,(H,39,44)(H,40,45)/b38-22+/t26-,32-,33+,34-/m0/s1. The fourth-order valence-corrected chi connectivity index (χ4v) is 7.25. The molecule has 1 aliphatic rings. The Balaban J connectivity index is 1.56. The first-order chi connectivity index (χ1) is 23.5. The van der Waals surface area contributed by atoms with Gasteiger partial charge in [-0.25, -0.2) is 13.2 Å². The van der Waals surface area contributed by atoms with Crippen LogP contribution < -0.4 is 10.6 Å². The second-order valence-corrected chi connectivity index (χ2v) is 14.8. The lowest BCUT2D eigenvalue weighted by Gasteiger charge is -2.35. The number of pyridine rings is 1. The molecule has 1 fully saturated rings. The molecular formula is C36H48N6O6S. The molecule has 2 aromatic carbocycles. The monoisotopic (exact) mass is 692 g/mol. The normalized spacial score (nSPS) is 16.0. The maximum atomic E-state index is 14.0. The molecule has 0 saturated heterocycles. The van der Waals surface area contributed by atoms with Gasteiger partial charge in [0.15, 0.2) is 0 Å². The number of aliphatic hydroxyl groups is 1. The zero-order valence-electron chi connectivity index (χ0n) is 28.4. The molecule has 1 aromatic heterocycles. The number of aromatic nitrogens is 1. The Bertz CT molecular complexity index is 1620. The van der Waals surface area contributed by atoms with Crippen molar-refractivity contribution in [3.63, 3.8) is 0 Å². The van der Waals surface area contributed by atoms with Crippen molar-refractivity contribution in [2.45, 2.75) is 75.6 Å². The average Bonchev–Trinajstić information content (AvgIpc) is 3.08. The number of carbonyl (C=O) groups is 2. The van der Waals surface area contributed by atoms with Crippen LogP contribution in [-0.2, 0) is 27.8 Å². The largest absolute Gasteiger partial charge is 0.411 e. The molecule has 13 heteroatoms. The second-order valence-electron chi connectivity index (χ2n) is 12.8. The summed E-state index contributed by atoms with van der Waals surface area (Å²) in [5.74, 6) is -0.532. The van der Waals surface area contributed by atoms with Crippen LogP contribution in [0.3, 0.4) is 0 Å². The van der Waals surface area contributed by atoms with Crippen LogP contribution in [0.25, 0.3) is 0 Å². The molecule has 1 aliphatic carbocycles. The van der Waals surface area contributed by atoms with Gasteiger partial charge in [0.25, 0.3) is 0 Å². The second kappa shape index (κ2) is 17.9. The van der Waals surface area contributed by atoms with Crippen LogP contribution >= 0.6 is 0 Å². The van der Waals surface area contributed by atoms with Crippen LogP contribution in [0, 0.1) is 11.8 Å². The molecule has 1 saturated carbocycles. The third kappa shape index (κ3) is 10.6. The van der Waals surface area contributed by atoms with Crippen LogP contribution in [0.1, 0.15) is 56.2 Å². The predicted molar refractivity (Wildman–Crippen MR) is 187 cm³/mol. The van der Waals surface area contributed by atoms with Gasteiger partial charge in [0.05, 0.1) is 23.3 Å². The summed E-state index contributed by atoms with van der Waals surface area (Å²) < 4.78 is 29.2. The van der Waals surface area contributed by atoms with Gasteiger partial charge in [-0.2, -0.15) is 4.31 Å². The highest BCUT2D eigenvalue weighted by Crippen LogP contribution is 2.30. The SMILES string of the molecule is CC[C@H](C)[C@H](NC(=O)N(C)Cc1ccncc1)C(=O)N[C@@H](Cc1ccccc1)[C@H](O)CN(CC1CCC1)S(=O)(=O)c1ccc(/C=N/O)cc1. The number of amides is 3. The minimum absolute atomic E-state index is 0.0493. The minimum Gasteiger partial charge on any atom is -0.411 e. The van der Waals surface area contributed by atoms with Crippen molar-refractivity contribution in [3.05, 3.63) is 95.8 Å². The maximum Gasteiger partial charge on any atom is 0.318 e. The first-order valence-corrected chi connectivity index (χ1v) is 18.2. The van der Waals surface area contributed by atoms with E-state index >= 15 is 0 Å². The molecule has 3 amide bonds. The lowest BCUT2D eigenvalue weighted by atomic mass is 9.85. The fourth-order valence-electron chi connectivity index (χ4n) is 5.71. The highest BCUT2D eigenvalue weighted by Gasteiger charge is 2.35. The number of nitrogens with zero attached hydrogens (tertiary/aromatic N) is 4. The Labute approximate surface area is 289 Å². The summed E-state index contributed by atoms with van der Waals surface area (Å²) in [6.07, 6.45) is 6.88. The van der Waals surface area contributed by atoms with Crippen LogP contribution in [0.2, 0.25) is 0 Å². The van der Waals surface area contributed by atoms with Crippen LogP contribution in [-0.4, -0.2) is 89.4 Å². The highest BCUT2D eigenvalue weighted by molar-refractivity contribution is 7.89. The molecule has 3 aromatic rings. The lowest BCUT2D eigenvalue weighted by molar-refractivity contribution is -0.125. The zero-order chi connectivity index (χ0) is 35.4. The number of rotatable bonds is 17. The summed E-state index contributed by atoms with van der Waals surface area (Å²) in [6, 6.07) is 16.8. The molecular weight excluding hydrogens is 644 g/mol. The van der Waals surface area contributed by atoms with E-state index in [1.807, 2.05) is 56.3 Å². The van der Waals surface area contributed by atoms with Crippen molar-refractivity contribution in [1.29, 1.82) is 0 Å². The van der Waals surface area contributed by atoms with Crippen molar-refractivity contribution < 1.29 is 28.3 Å². The maximum absolute atomic E-state index is 14.0. The van der Waals surface area contributed by atoms with Crippen LogP contribution in [0.5, 0.6) is 0 Å². The summed E-state index contributed by atoms with van der Waals surface area (Å²) in [7, 11) is -2.38. The Morgan fingerprint density at radius 3 is 2.29 bits per heavy atom. The van der Waals surface area contributed by atoms with Gasteiger partial charge in [0.2, 0.25) is 15.9 Å². The number of urea groups is 1. The van der Waals surface area contributed by atoms with Gasteiger partial charge in [-0.05, 0) is 72.1 Å². The van der Waals surface area contributed by atoms with E-state index in [0.717, 1.165) is 30.4 Å². The number of carbonyl (C=O) groups excluding carboxylic acids is 2. The Kier molecular flexibility index (Phi) is 13.7. The highest BCUT2D eigenvalue weighted by atomic mass is 32.2. The van der Waals surface area contributed by atoms with Gasteiger partial charge in [-0.3, -0.25) is 9.78 Å². The summed E-state index contributed by atoms with van der Waals surface area (Å²) >= 11 is 0. The smallest absolute Gasteiger partial charge is 0.318 e. The fraction of sp³-hybridized carbons (Fsp3) is 0.444. The van der Waals surface area contributed by atoms with E-state index in [0.29, 0.717) is 18.5 Å². The molecule has 0 bridgehead atoms. The van der Waals surface area contributed by atoms with Crippen LogP contribution in [0.4, 0.5) is 4.79 Å². The Morgan fingerprint density at radius 1 is 1.02 bits per heavy atom. The van der Waals surface area contributed by atoms with E-state index < -0.39 is 40.1 Å². The number of benzene rings is 2. The first kappa shape index (κ1) is 37.5. The zero-order valence-corrected chi connectivity index (χ0v) is 29.2. The minimum atomic E-state index is -4.03. The molecule has 49 heavy (non-hydrogen) atoms. The number of sulfonamides is 1. The molecule has 0 aliphatic heterocycles. The summed E-state index contributed by atoms with van der Waals surface area (Å²) in [5, 5.41) is 29.5. The summed E-state index contributed by atoms with van der Waals surface area (Å²) in [5.41, 5.74) is 2.27. The van der Waals surface area contributed by atoms with E-state index in [2.05, 4.69) is 20.8 Å². The summed E-state index contributed by atoms with van der Waals surface area (Å²) in [4.78, 5) is 32.8.